The maximum Gasteiger partial charge on any atom is 0.340 e. The predicted molar refractivity (Wildman–Crippen MR) is 102 cm³/mol. The van der Waals surface area contributed by atoms with Crippen LogP contribution in [-0.2, 0) is 4.74 Å². The molecule has 7 nitrogen and oxygen atoms in total. The third kappa shape index (κ3) is 3.57. The predicted octanol–water partition coefficient (Wildman–Crippen LogP) is 3.61. The summed E-state index contributed by atoms with van der Waals surface area (Å²) in [4.78, 5) is 28.0. The highest BCUT2D eigenvalue weighted by Crippen LogP contribution is 2.33. The largest absolute Gasteiger partial charge is 0.493 e. The Hall–Kier alpha value is -3.48. The van der Waals surface area contributed by atoms with Crippen LogP contribution in [0.1, 0.15) is 27.6 Å². The van der Waals surface area contributed by atoms with E-state index in [1.165, 1.54) is 7.11 Å². The second-order valence-corrected chi connectivity index (χ2v) is 5.68. The van der Waals surface area contributed by atoms with Gasteiger partial charge in [0.25, 0.3) is 5.91 Å². The lowest BCUT2D eigenvalue weighted by Crippen LogP contribution is -2.15. The van der Waals surface area contributed by atoms with Crippen LogP contribution in [0.5, 0.6) is 11.5 Å². The lowest BCUT2D eigenvalue weighted by molar-refractivity contribution is 0.0527. The van der Waals surface area contributed by atoms with E-state index in [-0.39, 0.29) is 12.5 Å². The zero-order valence-corrected chi connectivity index (χ0v) is 15.3. The molecule has 1 aromatic heterocycles. The first kappa shape index (κ1) is 18.3. The number of fused-ring (bicyclic) bond motifs is 1. The molecular weight excluding hydrogens is 348 g/mol. The number of esters is 1. The fraction of sp³-hybridized carbons (Fsp3) is 0.200. The third-order valence-corrected chi connectivity index (χ3v) is 4.10. The van der Waals surface area contributed by atoms with Crippen molar-refractivity contribution in [2.45, 2.75) is 6.92 Å². The lowest BCUT2D eigenvalue weighted by Gasteiger charge is -2.10. The van der Waals surface area contributed by atoms with E-state index in [4.69, 9.17) is 14.2 Å². The molecule has 0 aliphatic carbocycles. The summed E-state index contributed by atoms with van der Waals surface area (Å²) in [6, 6.07) is 10.2. The molecule has 0 radical (unpaired) electrons. The summed E-state index contributed by atoms with van der Waals surface area (Å²) in [5.41, 5.74) is 1.84. The first-order chi connectivity index (χ1) is 13.1. The second kappa shape index (κ2) is 7.82. The number of hydrogen-bond acceptors (Lipinski definition) is 5. The maximum atomic E-state index is 12.8. The van der Waals surface area contributed by atoms with Gasteiger partial charge < -0.3 is 24.5 Å². The minimum absolute atomic E-state index is 0.255. The van der Waals surface area contributed by atoms with Crippen molar-refractivity contribution in [1.82, 2.24) is 4.98 Å². The summed E-state index contributed by atoms with van der Waals surface area (Å²) in [7, 11) is 3.08. The summed E-state index contributed by atoms with van der Waals surface area (Å²) in [6.07, 6.45) is 1.60. The zero-order valence-electron chi connectivity index (χ0n) is 15.3. The SMILES string of the molecule is CCOC(=O)c1ccccc1NC(=O)c1c[nH]c2cc(OC)c(OC)cc12. The lowest BCUT2D eigenvalue weighted by atomic mass is 10.1. The van der Waals surface area contributed by atoms with Crippen molar-refractivity contribution >= 4 is 28.5 Å². The Morgan fingerprint density at radius 2 is 1.74 bits per heavy atom. The molecule has 0 unspecified atom stereocenters. The quantitative estimate of drug-likeness (QED) is 0.649. The van der Waals surface area contributed by atoms with Gasteiger partial charge >= 0.3 is 5.97 Å². The van der Waals surface area contributed by atoms with Gasteiger partial charge in [-0.1, -0.05) is 12.1 Å². The van der Waals surface area contributed by atoms with E-state index in [0.717, 1.165) is 5.52 Å². The van der Waals surface area contributed by atoms with Crippen molar-refractivity contribution in [3.8, 4) is 11.5 Å². The van der Waals surface area contributed by atoms with Gasteiger partial charge in [0.05, 0.1) is 43.2 Å². The zero-order chi connectivity index (χ0) is 19.4. The first-order valence-electron chi connectivity index (χ1n) is 8.39. The fourth-order valence-electron chi connectivity index (χ4n) is 2.81. The molecule has 140 valence electrons. The summed E-state index contributed by atoms with van der Waals surface area (Å²) in [6.45, 7) is 1.98. The number of para-hydroxylation sites is 1. The van der Waals surface area contributed by atoms with Crippen LogP contribution in [-0.4, -0.2) is 37.7 Å². The van der Waals surface area contributed by atoms with E-state index in [2.05, 4.69) is 10.3 Å². The first-order valence-corrected chi connectivity index (χ1v) is 8.39. The van der Waals surface area contributed by atoms with E-state index < -0.39 is 5.97 Å². The van der Waals surface area contributed by atoms with Crippen molar-refractivity contribution in [3.05, 3.63) is 53.7 Å². The van der Waals surface area contributed by atoms with Crippen molar-refractivity contribution < 1.29 is 23.8 Å². The van der Waals surface area contributed by atoms with E-state index in [1.54, 1.807) is 56.6 Å². The van der Waals surface area contributed by atoms with Crippen molar-refractivity contribution in [1.29, 1.82) is 0 Å². The van der Waals surface area contributed by atoms with Gasteiger partial charge in [-0.3, -0.25) is 4.79 Å². The van der Waals surface area contributed by atoms with Crippen molar-refractivity contribution in [3.63, 3.8) is 0 Å². The van der Waals surface area contributed by atoms with E-state index >= 15 is 0 Å². The van der Waals surface area contributed by atoms with Crippen molar-refractivity contribution in [2.75, 3.05) is 26.1 Å². The number of nitrogens with one attached hydrogen (secondary N) is 2. The number of amides is 1. The van der Waals surface area contributed by atoms with Crippen LogP contribution in [0.4, 0.5) is 5.69 Å². The molecule has 0 atom stereocenters. The van der Waals surface area contributed by atoms with Gasteiger partial charge in [0, 0.05) is 17.6 Å². The highest BCUT2D eigenvalue weighted by molar-refractivity contribution is 6.14. The topological polar surface area (TPSA) is 89.7 Å². The molecule has 7 heteroatoms. The molecule has 0 spiro atoms. The smallest absolute Gasteiger partial charge is 0.340 e. The molecular formula is C20H20N2O5. The number of anilines is 1. The molecule has 27 heavy (non-hydrogen) atoms. The van der Waals surface area contributed by atoms with Gasteiger partial charge in [-0.15, -0.1) is 0 Å². The molecule has 2 N–H and O–H groups in total. The normalized spacial score (nSPS) is 10.5. The Balaban J connectivity index is 1.95. The molecule has 3 aromatic rings. The maximum absolute atomic E-state index is 12.8. The van der Waals surface area contributed by atoms with Gasteiger partial charge in [0.1, 0.15) is 0 Å². The minimum atomic E-state index is -0.487. The highest BCUT2D eigenvalue weighted by atomic mass is 16.5. The molecule has 0 aliphatic heterocycles. The van der Waals surface area contributed by atoms with E-state index in [9.17, 15) is 9.59 Å². The van der Waals surface area contributed by atoms with Crippen LogP contribution in [0.25, 0.3) is 10.9 Å². The summed E-state index contributed by atoms with van der Waals surface area (Å²) in [5, 5.41) is 3.46. The third-order valence-electron chi connectivity index (χ3n) is 4.10. The number of carbonyl (C=O) groups is 2. The van der Waals surface area contributed by atoms with Gasteiger partial charge in [-0.25, -0.2) is 4.79 Å². The molecule has 0 saturated carbocycles. The van der Waals surface area contributed by atoms with Crippen LogP contribution in [0, 0.1) is 0 Å². The highest BCUT2D eigenvalue weighted by Gasteiger charge is 2.18. The van der Waals surface area contributed by atoms with E-state index in [1.807, 2.05) is 0 Å². The molecule has 0 bridgehead atoms. The number of rotatable bonds is 6. The Kier molecular flexibility index (Phi) is 5.30. The monoisotopic (exact) mass is 368 g/mol. The molecule has 1 amide bonds. The van der Waals surface area contributed by atoms with Gasteiger partial charge in [0.15, 0.2) is 11.5 Å². The number of hydrogen-bond donors (Lipinski definition) is 2. The van der Waals surface area contributed by atoms with Crippen LogP contribution >= 0.6 is 0 Å². The van der Waals surface area contributed by atoms with Gasteiger partial charge in [0.2, 0.25) is 0 Å². The van der Waals surface area contributed by atoms with Gasteiger partial charge in [-0.05, 0) is 25.1 Å². The average molecular weight is 368 g/mol. The summed E-state index contributed by atoms with van der Waals surface area (Å²) in [5.74, 6) is 0.237. The number of ether oxygens (including phenoxy) is 3. The molecule has 0 saturated heterocycles. The van der Waals surface area contributed by atoms with Crippen molar-refractivity contribution in [2.24, 2.45) is 0 Å². The van der Waals surface area contributed by atoms with Crippen LogP contribution in [0.3, 0.4) is 0 Å². The molecule has 0 aliphatic rings. The summed E-state index contributed by atoms with van der Waals surface area (Å²) >= 11 is 0. The molecule has 1 heterocycles. The number of aromatic nitrogens is 1. The van der Waals surface area contributed by atoms with E-state index in [0.29, 0.717) is 33.7 Å². The Bertz CT molecular complexity index is 993. The summed E-state index contributed by atoms with van der Waals surface area (Å²) < 4.78 is 15.6. The fourth-order valence-corrected chi connectivity index (χ4v) is 2.81. The number of benzene rings is 2. The van der Waals surface area contributed by atoms with Crippen LogP contribution < -0.4 is 14.8 Å². The molecule has 3 rings (SSSR count). The Labute approximate surface area is 156 Å². The minimum Gasteiger partial charge on any atom is -0.493 e. The second-order valence-electron chi connectivity index (χ2n) is 5.68. The average Bonchev–Trinajstić information content (AvgIpc) is 3.10. The Morgan fingerprint density at radius 1 is 1.04 bits per heavy atom. The number of methoxy groups -OCH3 is 2. The van der Waals surface area contributed by atoms with Crippen LogP contribution in [0.2, 0.25) is 0 Å². The van der Waals surface area contributed by atoms with Crippen LogP contribution in [0.15, 0.2) is 42.6 Å². The molecule has 0 fully saturated rings. The Morgan fingerprint density at radius 3 is 2.44 bits per heavy atom. The standard InChI is InChI=1S/C20H20N2O5/c1-4-27-20(24)12-7-5-6-8-15(12)22-19(23)14-11-21-16-10-18(26-3)17(25-2)9-13(14)16/h5-11,21H,4H2,1-3H3,(H,22,23). The number of aromatic amines is 1. The number of carbonyl (C=O) groups excluding carboxylic acids is 2. The molecule has 2 aromatic carbocycles. The number of H-pyrrole nitrogens is 1. The van der Waals surface area contributed by atoms with Gasteiger partial charge in [-0.2, -0.15) is 0 Å².